The van der Waals surface area contributed by atoms with Crippen LogP contribution in [-0.2, 0) is 11.3 Å². The largest absolute Gasteiger partial charge is 0.390 e. The van der Waals surface area contributed by atoms with Gasteiger partial charge in [0.2, 0.25) is 5.91 Å². The molecule has 0 fully saturated rings. The average Bonchev–Trinajstić information content (AvgIpc) is 3.02. The third kappa shape index (κ3) is 3.86. The smallest absolute Gasteiger partial charge is 0.358 e. The highest BCUT2D eigenvalue weighted by molar-refractivity contribution is 6.31. The van der Waals surface area contributed by atoms with Crippen LogP contribution in [0.4, 0.5) is 5.82 Å². The monoisotopic (exact) mass is 340 g/mol. The number of nitrogens with one attached hydrogen (secondary N) is 1. The van der Waals surface area contributed by atoms with E-state index in [9.17, 15) is 14.9 Å². The standard InChI is InChI=1S/C13H17ClN6O3/c1-8-6-12(20(22)23)17-18(8)5-4-15-13(21)10(3)19-7-11(14)9(2)16-19/h6-7,10H,4-5H2,1-3H3,(H,15,21). The highest BCUT2D eigenvalue weighted by Crippen LogP contribution is 2.16. The number of aryl methyl sites for hydroxylation is 2. The van der Waals surface area contributed by atoms with Crippen LogP contribution >= 0.6 is 11.6 Å². The van der Waals surface area contributed by atoms with E-state index in [0.717, 1.165) is 0 Å². The Bertz CT molecular complexity index is 719. The molecule has 124 valence electrons. The van der Waals surface area contributed by atoms with Crippen LogP contribution in [0.15, 0.2) is 12.3 Å². The van der Waals surface area contributed by atoms with Crippen molar-refractivity contribution in [3.05, 3.63) is 38.8 Å². The van der Waals surface area contributed by atoms with Crippen LogP contribution in [0.5, 0.6) is 0 Å². The van der Waals surface area contributed by atoms with Crippen molar-refractivity contribution in [2.75, 3.05) is 6.54 Å². The van der Waals surface area contributed by atoms with E-state index >= 15 is 0 Å². The number of nitrogens with zero attached hydrogens (tertiary/aromatic N) is 5. The normalized spacial score (nSPS) is 12.2. The molecule has 2 rings (SSSR count). The van der Waals surface area contributed by atoms with Crippen LogP contribution in [0.25, 0.3) is 0 Å². The predicted molar refractivity (Wildman–Crippen MR) is 83.3 cm³/mol. The summed E-state index contributed by atoms with van der Waals surface area (Å²) in [5.41, 5.74) is 1.32. The molecule has 0 bridgehead atoms. The molecule has 0 radical (unpaired) electrons. The first kappa shape index (κ1) is 16.9. The molecule has 9 nitrogen and oxygen atoms in total. The lowest BCUT2D eigenvalue weighted by Crippen LogP contribution is -2.33. The Hall–Kier alpha value is -2.42. The Morgan fingerprint density at radius 3 is 2.70 bits per heavy atom. The minimum atomic E-state index is -0.548. The van der Waals surface area contributed by atoms with E-state index in [1.807, 2.05) is 0 Å². The van der Waals surface area contributed by atoms with Crippen molar-refractivity contribution < 1.29 is 9.72 Å². The highest BCUT2D eigenvalue weighted by Gasteiger charge is 2.18. The lowest BCUT2D eigenvalue weighted by atomic mass is 10.3. The second-order valence-electron chi connectivity index (χ2n) is 5.13. The number of aromatic nitrogens is 4. The van der Waals surface area contributed by atoms with Gasteiger partial charge in [-0.25, -0.2) is 0 Å². The van der Waals surface area contributed by atoms with E-state index in [4.69, 9.17) is 11.6 Å². The van der Waals surface area contributed by atoms with Crippen molar-refractivity contribution in [1.29, 1.82) is 0 Å². The number of halogens is 1. The molecular formula is C13H17ClN6O3. The molecule has 2 aromatic rings. The number of nitro groups is 1. The summed E-state index contributed by atoms with van der Waals surface area (Å²) >= 11 is 5.93. The molecule has 2 heterocycles. The summed E-state index contributed by atoms with van der Waals surface area (Å²) in [4.78, 5) is 22.2. The van der Waals surface area contributed by atoms with Crippen molar-refractivity contribution in [1.82, 2.24) is 24.9 Å². The van der Waals surface area contributed by atoms with Gasteiger partial charge in [0.25, 0.3) is 0 Å². The van der Waals surface area contributed by atoms with Gasteiger partial charge in [0, 0.05) is 12.7 Å². The molecule has 1 atom stereocenters. The SMILES string of the molecule is Cc1nn(C(C)C(=O)NCCn2nc([N+](=O)[O-])cc2C)cc1Cl. The molecule has 0 aliphatic heterocycles. The van der Waals surface area contributed by atoms with Crippen molar-refractivity contribution in [3.8, 4) is 0 Å². The second kappa shape index (κ2) is 6.78. The first-order valence-electron chi connectivity index (χ1n) is 6.97. The maximum Gasteiger partial charge on any atom is 0.390 e. The van der Waals surface area contributed by atoms with Crippen molar-refractivity contribution in [3.63, 3.8) is 0 Å². The van der Waals surface area contributed by atoms with Gasteiger partial charge in [-0.1, -0.05) is 11.6 Å². The lowest BCUT2D eigenvalue weighted by Gasteiger charge is -2.12. The van der Waals surface area contributed by atoms with Crippen LogP contribution in [0.1, 0.15) is 24.4 Å². The van der Waals surface area contributed by atoms with Gasteiger partial charge in [0.15, 0.2) is 0 Å². The zero-order chi connectivity index (χ0) is 17.1. The number of carbonyl (C=O) groups excluding carboxylic acids is 1. The van der Waals surface area contributed by atoms with Crippen LogP contribution in [0, 0.1) is 24.0 Å². The van der Waals surface area contributed by atoms with Gasteiger partial charge in [0.05, 0.1) is 34.1 Å². The van der Waals surface area contributed by atoms with Crippen molar-refractivity contribution in [2.24, 2.45) is 0 Å². The quantitative estimate of drug-likeness (QED) is 0.635. The summed E-state index contributed by atoms with van der Waals surface area (Å²) in [6.45, 7) is 5.84. The molecule has 10 heteroatoms. The average molecular weight is 341 g/mol. The maximum absolute atomic E-state index is 12.1. The Kier molecular flexibility index (Phi) is 4.99. The van der Waals surface area contributed by atoms with Crippen LogP contribution in [0.3, 0.4) is 0 Å². The summed E-state index contributed by atoms with van der Waals surface area (Å²) < 4.78 is 2.98. The van der Waals surface area contributed by atoms with Crippen LogP contribution in [-0.4, -0.2) is 36.9 Å². The van der Waals surface area contributed by atoms with Gasteiger partial charge in [-0.3, -0.25) is 9.48 Å². The van der Waals surface area contributed by atoms with Gasteiger partial charge in [-0.2, -0.15) is 9.78 Å². The number of hydrogen-bond donors (Lipinski definition) is 1. The van der Waals surface area contributed by atoms with Crippen molar-refractivity contribution >= 4 is 23.3 Å². The van der Waals surface area contributed by atoms with Gasteiger partial charge in [0.1, 0.15) is 6.04 Å². The summed E-state index contributed by atoms with van der Waals surface area (Å²) in [5.74, 6) is -0.424. The molecule has 0 saturated carbocycles. The molecule has 0 aliphatic rings. The van der Waals surface area contributed by atoms with E-state index in [1.54, 1.807) is 27.0 Å². The van der Waals surface area contributed by atoms with Gasteiger partial charge in [-0.05, 0) is 25.7 Å². The predicted octanol–water partition coefficient (Wildman–Crippen LogP) is 1.64. The molecule has 2 aromatic heterocycles. The first-order valence-corrected chi connectivity index (χ1v) is 7.35. The topological polar surface area (TPSA) is 108 Å². The molecule has 1 unspecified atom stereocenters. The number of hydrogen-bond acceptors (Lipinski definition) is 5. The lowest BCUT2D eigenvalue weighted by molar-refractivity contribution is -0.389. The fourth-order valence-corrected chi connectivity index (χ4v) is 2.16. The Labute approximate surface area is 137 Å². The molecule has 0 spiro atoms. The fourth-order valence-electron chi connectivity index (χ4n) is 2.02. The zero-order valence-electron chi connectivity index (χ0n) is 13.0. The number of rotatable bonds is 6. The minimum absolute atomic E-state index is 0.205. The third-order valence-corrected chi connectivity index (χ3v) is 3.78. The molecular weight excluding hydrogens is 324 g/mol. The molecule has 0 aliphatic carbocycles. The van der Waals surface area contributed by atoms with Crippen LogP contribution < -0.4 is 5.32 Å². The third-order valence-electron chi connectivity index (χ3n) is 3.41. The minimum Gasteiger partial charge on any atom is -0.358 e. The maximum atomic E-state index is 12.1. The Morgan fingerprint density at radius 2 is 2.17 bits per heavy atom. The van der Waals surface area contributed by atoms with Gasteiger partial charge in [-0.15, -0.1) is 0 Å². The molecule has 1 amide bonds. The van der Waals surface area contributed by atoms with Crippen LogP contribution in [0.2, 0.25) is 5.02 Å². The molecule has 0 aromatic carbocycles. The van der Waals surface area contributed by atoms with Gasteiger partial charge >= 0.3 is 5.82 Å². The molecule has 1 N–H and O–H groups in total. The second-order valence-corrected chi connectivity index (χ2v) is 5.54. The van der Waals surface area contributed by atoms with E-state index in [-0.39, 0.29) is 11.7 Å². The number of amides is 1. The highest BCUT2D eigenvalue weighted by atomic mass is 35.5. The van der Waals surface area contributed by atoms with Crippen molar-refractivity contribution in [2.45, 2.75) is 33.4 Å². The van der Waals surface area contributed by atoms with E-state index < -0.39 is 11.0 Å². The first-order chi connectivity index (χ1) is 10.8. The fraction of sp³-hybridized carbons (Fsp3) is 0.462. The summed E-state index contributed by atoms with van der Waals surface area (Å²) in [6, 6.07) is 0.883. The van der Waals surface area contributed by atoms with E-state index in [0.29, 0.717) is 29.5 Å². The summed E-state index contributed by atoms with van der Waals surface area (Å²) in [7, 11) is 0. The van der Waals surface area contributed by atoms with Gasteiger partial charge < -0.3 is 15.4 Å². The van der Waals surface area contributed by atoms with E-state index in [1.165, 1.54) is 15.4 Å². The Balaban J connectivity index is 1.90. The summed E-state index contributed by atoms with van der Waals surface area (Å²) in [5, 5.41) is 21.9. The zero-order valence-corrected chi connectivity index (χ0v) is 13.7. The number of carbonyl (C=O) groups is 1. The molecule has 23 heavy (non-hydrogen) atoms. The summed E-state index contributed by atoms with van der Waals surface area (Å²) in [6.07, 6.45) is 1.60. The van der Waals surface area contributed by atoms with E-state index in [2.05, 4.69) is 15.5 Å². The molecule has 0 saturated heterocycles. The Morgan fingerprint density at radius 1 is 1.48 bits per heavy atom.